The number of nitrogens with one attached hydrogen (secondary N) is 1. The minimum atomic E-state index is 0.474. The summed E-state index contributed by atoms with van der Waals surface area (Å²) in [5.41, 5.74) is 2.91. The van der Waals surface area contributed by atoms with E-state index in [2.05, 4.69) is 20.4 Å². The Morgan fingerprint density at radius 3 is 2.91 bits per heavy atom. The number of nitrogens with zero attached hydrogens (tertiary/aromatic N) is 4. The topological polar surface area (TPSA) is 55.6 Å². The highest BCUT2D eigenvalue weighted by molar-refractivity contribution is 7.99. The fraction of sp³-hybridized carbons (Fsp3) is 0.235. The van der Waals surface area contributed by atoms with E-state index in [4.69, 9.17) is 0 Å². The molecule has 3 heterocycles. The van der Waals surface area contributed by atoms with Crippen LogP contribution in [-0.2, 0) is 0 Å². The van der Waals surface area contributed by atoms with Crippen molar-refractivity contribution >= 4 is 17.7 Å². The van der Waals surface area contributed by atoms with Crippen molar-refractivity contribution in [3.63, 3.8) is 0 Å². The van der Waals surface area contributed by atoms with Gasteiger partial charge in [0.25, 0.3) is 0 Å². The number of para-hydroxylation sites is 1. The molecule has 1 atom stereocenters. The van der Waals surface area contributed by atoms with Gasteiger partial charge in [-0.05, 0) is 30.4 Å². The average molecular weight is 323 g/mol. The molecule has 0 bridgehead atoms. The van der Waals surface area contributed by atoms with Gasteiger partial charge in [0.1, 0.15) is 0 Å². The van der Waals surface area contributed by atoms with Gasteiger partial charge in [-0.25, -0.2) is 14.6 Å². The van der Waals surface area contributed by atoms with Gasteiger partial charge in [-0.15, -0.1) is 0 Å². The maximum atomic E-state index is 4.63. The van der Waals surface area contributed by atoms with Crippen LogP contribution in [0.25, 0.3) is 16.9 Å². The molecule has 1 aliphatic rings. The molecule has 2 aromatic heterocycles. The molecule has 1 fully saturated rings. The molecular formula is C17H17N5S. The van der Waals surface area contributed by atoms with Gasteiger partial charge in [0.2, 0.25) is 5.95 Å². The minimum absolute atomic E-state index is 0.474. The standard InChI is InChI=1S/C17H17N5S/c1-2-4-15(5-3-1)22-11-13(10-19-22)16-6-8-18-17(21-16)20-14-7-9-23-12-14/h1-6,8,10-11,14H,7,9,12H2,(H,18,20,21)/t14-/m1/s1. The van der Waals surface area contributed by atoms with Crippen LogP contribution in [0.15, 0.2) is 55.0 Å². The number of anilines is 1. The molecule has 4 rings (SSSR count). The molecular weight excluding hydrogens is 306 g/mol. The Kier molecular flexibility index (Phi) is 3.98. The van der Waals surface area contributed by atoms with Crippen molar-refractivity contribution in [1.29, 1.82) is 0 Å². The van der Waals surface area contributed by atoms with Crippen LogP contribution in [0.5, 0.6) is 0 Å². The first-order valence-electron chi connectivity index (χ1n) is 7.66. The Balaban J connectivity index is 1.57. The van der Waals surface area contributed by atoms with E-state index in [0.717, 1.165) is 22.7 Å². The molecule has 116 valence electrons. The first-order chi connectivity index (χ1) is 11.4. The van der Waals surface area contributed by atoms with Crippen LogP contribution in [0.1, 0.15) is 6.42 Å². The zero-order valence-electron chi connectivity index (χ0n) is 12.6. The monoisotopic (exact) mass is 323 g/mol. The molecule has 1 N–H and O–H groups in total. The fourth-order valence-electron chi connectivity index (χ4n) is 2.60. The maximum Gasteiger partial charge on any atom is 0.223 e. The summed E-state index contributed by atoms with van der Waals surface area (Å²) >= 11 is 1.97. The molecule has 0 spiro atoms. The van der Waals surface area contributed by atoms with E-state index in [1.54, 1.807) is 6.20 Å². The second-order valence-corrected chi connectivity index (χ2v) is 6.63. The van der Waals surface area contributed by atoms with E-state index >= 15 is 0 Å². The summed E-state index contributed by atoms with van der Waals surface area (Å²) in [5.74, 6) is 3.03. The predicted molar refractivity (Wildman–Crippen MR) is 93.9 cm³/mol. The zero-order valence-corrected chi connectivity index (χ0v) is 13.4. The van der Waals surface area contributed by atoms with Crippen molar-refractivity contribution < 1.29 is 0 Å². The van der Waals surface area contributed by atoms with E-state index in [-0.39, 0.29) is 0 Å². The number of thioether (sulfide) groups is 1. The number of hydrogen-bond donors (Lipinski definition) is 1. The predicted octanol–water partition coefficient (Wildman–Crippen LogP) is 3.25. The Morgan fingerprint density at radius 1 is 1.17 bits per heavy atom. The summed E-state index contributed by atoms with van der Waals surface area (Å²) in [5, 5.41) is 7.85. The second kappa shape index (κ2) is 6.42. The van der Waals surface area contributed by atoms with Crippen LogP contribution in [0.4, 0.5) is 5.95 Å². The van der Waals surface area contributed by atoms with Crippen LogP contribution in [0, 0.1) is 0 Å². The molecule has 1 aliphatic heterocycles. The summed E-state index contributed by atoms with van der Waals surface area (Å²) in [6.07, 6.45) is 6.80. The second-order valence-electron chi connectivity index (χ2n) is 5.48. The van der Waals surface area contributed by atoms with Crippen LogP contribution in [-0.4, -0.2) is 37.3 Å². The largest absolute Gasteiger partial charge is 0.351 e. The summed E-state index contributed by atoms with van der Waals surface area (Å²) in [6.45, 7) is 0. The number of rotatable bonds is 4. The molecule has 0 radical (unpaired) electrons. The summed E-state index contributed by atoms with van der Waals surface area (Å²) in [6, 6.07) is 12.5. The normalized spacial score (nSPS) is 17.3. The SMILES string of the molecule is c1ccc(-n2cc(-c3ccnc(N[C@@H]4CCSC4)n3)cn2)cc1. The van der Waals surface area contributed by atoms with E-state index in [0.29, 0.717) is 12.0 Å². The molecule has 3 aromatic rings. The van der Waals surface area contributed by atoms with Crippen LogP contribution in [0.3, 0.4) is 0 Å². The lowest BCUT2D eigenvalue weighted by atomic mass is 10.2. The third-order valence-corrected chi connectivity index (χ3v) is 4.98. The van der Waals surface area contributed by atoms with Gasteiger partial charge in [-0.3, -0.25) is 0 Å². The number of hydrogen-bond acceptors (Lipinski definition) is 5. The zero-order chi connectivity index (χ0) is 15.5. The Bertz CT molecular complexity index is 780. The van der Waals surface area contributed by atoms with Gasteiger partial charge >= 0.3 is 0 Å². The van der Waals surface area contributed by atoms with Crippen LogP contribution >= 0.6 is 11.8 Å². The summed E-state index contributed by atoms with van der Waals surface area (Å²) < 4.78 is 1.86. The molecule has 23 heavy (non-hydrogen) atoms. The number of benzene rings is 1. The van der Waals surface area contributed by atoms with Gasteiger partial charge in [-0.2, -0.15) is 16.9 Å². The van der Waals surface area contributed by atoms with Crippen LogP contribution in [0.2, 0.25) is 0 Å². The number of aromatic nitrogens is 4. The van der Waals surface area contributed by atoms with Crippen molar-refractivity contribution in [3.05, 3.63) is 55.0 Å². The van der Waals surface area contributed by atoms with Crippen molar-refractivity contribution in [2.45, 2.75) is 12.5 Å². The highest BCUT2D eigenvalue weighted by Gasteiger charge is 2.16. The first kappa shape index (κ1) is 14.3. The van der Waals surface area contributed by atoms with E-state index in [1.807, 2.05) is 65.2 Å². The average Bonchev–Trinajstić information content (AvgIpc) is 3.28. The van der Waals surface area contributed by atoms with Gasteiger partial charge in [-0.1, -0.05) is 18.2 Å². The van der Waals surface area contributed by atoms with E-state index in [9.17, 15) is 0 Å². The molecule has 1 aromatic carbocycles. The minimum Gasteiger partial charge on any atom is -0.351 e. The molecule has 0 saturated carbocycles. The Morgan fingerprint density at radius 2 is 2.09 bits per heavy atom. The van der Waals surface area contributed by atoms with Crippen molar-refractivity contribution in [2.24, 2.45) is 0 Å². The lowest BCUT2D eigenvalue weighted by Gasteiger charge is -2.11. The van der Waals surface area contributed by atoms with Gasteiger partial charge in [0.05, 0.1) is 17.6 Å². The van der Waals surface area contributed by atoms with E-state index in [1.165, 1.54) is 12.2 Å². The van der Waals surface area contributed by atoms with Crippen LogP contribution < -0.4 is 5.32 Å². The fourth-order valence-corrected chi connectivity index (χ4v) is 3.75. The third-order valence-electron chi connectivity index (χ3n) is 3.82. The highest BCUT2D eigenvalue weighted by atomic mass is 32.2. The molecule has 5 nitrogen and oxygen atoms in total. The summed E-state index contributed by atoms with van der Waals surface area (Å²) in [4.78, 5) is 8.96. The Hall–Kier alpha value is -2.34. The lowest BCUT2D eigenvalue weighted by Crippen LogP contribution is -2.19. The molecule has 0 unspecified atom stereocenters. The molecule has 0 amide bonds. The third kappa shape index (κ3) is 3.22. The van der Waals surface area contributed by atoms with Gasteiger partial charge in [0, 0.05) is 29.8 Å². The summed E-state index contributed by atoms with van der Waals surface area (Å²) in [7, 11) is 0. The molecule has 0 aliphatic carbocycles. The van der Waals surface area contributed by atoms with Crippen molar-refractivity contribution in [1.82, 2.24) is 19.7 Å². The van der Waals surface area contributed by atoms with E-state index < -0.39 is 0 Å². The first-order valence-corrected chi connectivity index (χ1v) is 8.82. The van der Waals surface area contributed by atoms with Gasteiger partial charge in [0.15, 0.2) is 0 Å². The molecule has 1 saturated heterocycles. The molecule has 6 heteroatoms. The quantitative estimate of drug-likeness (QED) is 0.799. The van der Waals surface area contributed by atoms with Gasteiger partial charge < -0.3 is 5.32 Å². The lowest BCUT2D eigenvalue weighted by molar-refractivity contribution is 0.798. The Labute approximate surface area is 139 Å². The maximum absolute atomic E-state index is 4.63. The van der Waals surface area contributed by atoms with Crippen molar-refractivity contribution in [3.8, 4) is 16.9 Å². The van der Waals surface area contributed by atoms with Crippen molar-refractivity contribution in [2.75, 3.05) is 16.8 Å². The highest BCUT2D eigenvalue weighted by Crippen LogP contribution is 2.22. The smallest absolute Gasteiger partial charge is 0.223 e.